The maximum absolute atomic E-state index is 13.4. The quantitative estimate of drug-likeness (QED) is 0.790. The largest absolute Gasteiger partial charge is 0.490 e. The van der Waals surface area contributed by atoms with Crippen molar-refractivity contribution < 1.29 is 23.6 Å². The molecule has 1 fully saturated rings. The topological polar surface area (TPSA) is 55.8 Å². The first-order chi connectivity index (χ1) is 9.58. The Morgan fingerprint density at radius 2 is 2.10 bits per heavy atom. The number of ether oxygens (including phenoxy) is 1. The fourth-order valence-corrected chi connectivity index (χ4v) is 2.09. The van der Waals surface area contributed by atoms with Gasteiger partial charge in [0.2, 0.25) is 0 Å². The summed E-state index contributed by atoms with van der Waals surface area (Å²) in [7, 11) is 0. The molecule has 0 unspecified atom stereocenters. The van der Waals surface area contributed by atoms with E-state index in [1.54, 1.807) is 11.1 Å². The number of halogens is 1. The third kappa shape index (κ3) is 3.77. The summed E-state index contributed by atoms with van der Waals surface area (Å²) in [5.41, 5.74) is 0.0158. The Kier molecular flexibility index (Phi) is 4.68. The number of hydrogen-bond donors (Lipinski definition) is 0. The molecule has 5 nitrogen and oxygen atoms in total. The van der Waals surface area contributed by atoms with Crippen LogP contribution in [0.25, 0.3) is 0 Å². The Balaban J connectivity index is 1.87. The summed E-state index contributed by atoms with van der Waals surface area (Å²) in [5.74, 6) is -0.523. The highest BCUT2D eigenvalue weighted by Gasteiger charge is 2.22. The van der Waals surface area contributed by atoms with Gasteiger partial charge in [0.05, 0.1) is 5.56 Å². The fraction of sp³-hybridized carbons (Fsp3) is 0.429. The van der Waals surface area contributed by atoms with Crippen molar-refractivity contribution >= 4 is 12.3 Å². The van der Waals surface area contributed by atoms with Gasteiger partial charge in [0.25, 0.3) is 0 Å². The van der Waals surface area contributed by atoms with Gasteiger partial charge in [-0.05, 0) is 12.1 Å². The molecule has 2 rings (SSSR count). The Bertz CT molecular complexity index is 498. The number of rotatable bonds is 4. The van der Waals surface area contributed by atoms with Crippen LogP contribution in [0.3, 0.4) is 0 Å². The molecule has 1 aliphatic rings. The Morgan fingerprint density at radius 1 is 1.40 bits per heavy atom. The molecule has 20 heavy (non-hydrogen) atoms. The van der Waals surface area contributed by atoms with Gasteiger partial charge < -0.3 is 9.57 Å². The molecular formula is C14H16FNO4. The van der Waals surface area contributed by atoms with Gasteiger partial charge >= 0.3 is 5.97 Å². The van der Waals surface area contributed by atoms with Crippen LogP contribution < -0.4 is 4.74 Å². The highest BCUT2D eigenvalue weighted by molar-refractivity contribution is 5.75. The van der Waals surface area contributed by atoms with Crippen LogP contribution in [-0.2, 0) is 9.63 Å². The molecule has 6 heteroatoms. The molecule has 0 spiro atoms. The summed E-state index contributed by atoms with van der Waals surface area (Å²) in [6.45, 7) is 2.53. The average Bonchev–Trinajstić information content (AvgIpc) is 2.41. The van der Waals surface area contributed by atoms with E-state index in [0.29, 0.717) is 38.0 Å². The molecule has 0 amide bonds. The highest BCUT2D eigenvalue weighted by atomic mass is 19.1. The maximum atomic E-state index is 13.4. The fourth-order valence-electron chi connectivity index (χ4n) is 2.09. The van der Waals surface area contributed by atoms with Crippen molar-refractivity contribution in [1.29, 1.82) is 0 Å². The first-order valence-electron chi connectivity index (χ1n) is 6.43. The number of carbonyl (C=O) groups is 2. The zero-order valence-corrected chi connectivity index (χ0v) is 11.2. The summed E-state index contributed by atoms with van der Waals surface area (Å²) in [6, 6.07) is 4.18. The highest BCUT2D eigenvalue weighted by Crippen LogP contribution is 2.21. The summed E-state index contributed by atoms with van der Waals surface area (Å²) >= 11 is 0. The van der Waals surface area contributed by atoms with Gasteiger partial charge in [0.15, 0.2) is 6.29 Å². The number of hydrogen-bond acceptors (Lipinski definition) is 5. The van der Waals surface area contributed by atoms with E-state index in [4.69, 9.17) is 9.57 Å². The number of aldehydes is 1. The zero-order chi connectivity index (χ0) is 14.5. The molecule has 1 heterocycles. The summed E-state index contributed by atoms with van der Waals surface area (Å²) < 4.78 is 19.1. The van der Waals surface area contributed by atoms with Crippen LogP contribution in [0.1, 0.15) is 30.1 Å². The molecule has 1 aromatic rings. The van der Waals surface area contributed by atoms with Crippen molar-refractivity contribution in [3.05, 3.63) is 29.6 Å². The minimum Gasteiger partial charge on any atom is -0.490 e. The second kappa shape index (κ2) is 6.47. The van der Waals surface area contributed by atoms with Gasteiger partial charge in [-0.3, -0.25) is 9.59 Å². The molecule has 1 aromatic carbocycles. The van der Waals surface area contributed by atoms with E-state index in [-0.39, 0.29) is 17.6 Å². The van der Waals surface area contributed by atoms with Gasteiger partial charge in [-0.15, -0.1) is 5.06 Å². The minimum atomic E-state index is -0.588. The first kappa shape index (κ1) is 14.5. The van der Waals surface area contributed by atoms with Gasteiger partial charge in [0, 0.05) is 38.9 Å². The standard InChI is InChI=1S/C14H16FNO4/c1-10(18)20-16-6-4-12(5-7-16)19-13-3-2-11(9-17)14(15)8-13/h2-3,8-9,12H,4-7H2,1H3. The van der Waals surface area contributed by atoms with Crippen molar-refractivity contribution in [2.45, 2.75) is 25.9 Å². The normalized spacial score (nSPS) is 16.7. The van der Waals surface area contributed by atoms with E-state index in [1.165, 1.54) is 19.1 Å². The third-order valence-electron chi connectivity index (χ3n) is 3.06. The van der Waals surface area contributed by atoms with Crippen LogP contribution in [0.5, 0.6) is 5.75 Å². The molecule has 1 aliphatic heterocycles. The number of carbonyl (C=O) groups excluding carboxylic acids is 2. The SMILES string of the molecule is CC(=O)ON1CCC(Oc2ccc(C=O)c(F)c2)CC1. The van der Waals surface area contributed by atoms with E-state index in [2.05, 4.69) is 0 Å². The molecular weight excluding hydrogens is 265 g/mol. The van der Waals surface area contributed by atoms with Crippen LogP contribution in [0.15, 0.2) is 18.2 Å². The van der Waals surface area contributed by atoms with Crippen molar-refractivity contribution in [3.8, 4) is 5.75 Å². The van der Waals surface area contributed by atoms with Crippen LogP contribution >= 0.6 is 0 Å². The second-order valence-corrected chi connectivity index (χ2v) is 4.63. The van der Waals surface area contributed by atoms with E-state index in [9.17, 15) is 14.0 Å². The van der Waals surface area contributed by atoms with Gasteiger partial charge in [-0.1, -0.05) is 0 Å². The lowest BCUT2D eigenvalue weighted by molar-refractivity contribution is -0.195. The van der Waals surface area contributed by atoms with Crippen LogP contribution in [-0.4, -0.2) is 36.5 Å². The lowest BCUT2D eigenvalue weighted by Crippen LogP contribution is -2.39. The van der Waals surface area contributed by atoms with Gasteiger partial charge in [-0.2, -0.15) is 0 Å². The van der Waals surface area contributed by atoms with E-state index < -0.39 is 5.82 Å². The molecule has 0 bridgehead atoms. The molecule has 0 N–H and O–H groups in total. The van der Waals surface area contributed by atoms with Crippen molar-refractivity contribution in [3.63, 3.8) is 0 Å². The molecule has 0 aliphatic carbocycles. The van der Waals surface area contributed by atoms with E-state index in [0.717, 1.165) is 0 Å². The third-order valence-corrected chi connectivity index (χ3v) is 3.06. The molecule has 0 aromatic heterocycles. The molecule has 0 saturated carbocycles. The smallest absolute Gasteiger partial charge is 0.322 e. The molecule has 0 atom stereocenters. The lowest BCUT2D eigenvalue weighted by Gasteiger charge is -2.30. The van der Waals surface area contributed by atoms with E-state index in [1.807, 2.05) is 0 Å². The first-order valence-corrected chi connectivity index (χ1v) is 6.43. The summed E-state index contributed by atoms with van der Waals surface area (Å²) in [5, 5.41) is 1.60. The lowest BCUT2D eigenvalue weighted by atomic mass is 10.1. The Labute approximate surface area is 116 Å². The predicted molar refractivity (Wildman–Crippen MR) is 68.8 cm³/mol. The van der Waals surface area contributed by atoms with Gasteiger partial charge in [-0.25, -0.2) is 4.39 Å². The van der Waals surface area contributed by atoms with Crippen LogP contribution in [0.2, 0.25) is 0 Å². The predicted octanol–water partition coefficient (Wildman–Crippen LogP) is 1.96. The Hall–Kier alpha value is -1.95. The minimum absolute atomic E-state index is 0.0158. The van der Waals surface area contributed by atoms with Crippen LogP contribution in [0.4, 0.5) is 4.39 Å². The van der Waals surface area contributed by atoms with Crippen molar-refractivity contribution in [2.24, 2.45) is 0 Å². The number of nitrogens with zero attached hydrogens (tertiary/aromatic N) is 1. The second-order valence-electron chi connectivity index (χ2n) is 4.63. The van der Waals surface area contributed by atoms with Crippen molar-refractivity contribution in [2.75, 3.05) is 13.1 Å². The van der Waals surface area contributed by atoms with Crippen LogP contribution in [0, 0.1) is 5.82 Å². The zero-order valence-electron chi connectivity index (χ0n) is 11.2. The summed E-state index contributed by atoms with van der Waals surface area (Å²) in [4.78, 5) is 26.3. The van der Waals surface area contributed by atoms with E-state index >= 15 is 0 Å². The summed E-state index contributed by atoms with van der Waals surface area (Å²) in [6.07, 6.45) is 1.79. The molecule has 108 valence electrons. The molecule has 1 saturated heterocycles. The maximum Gasteiger partial charge on any atom is 0.322 e. The number of benzene rings is 1. The monoisotopic (exact) mass is 281 g/mol. The molecule has 0 radical (unpaired) electrons. The average molecular weight is 281 g/mol. The van der Waals surface area contributed by atoms with Gasteiger partial charge in [0.1, 0.15) is 17.7 Å². The number of piperidine rings is 1. The number of hydroxylamine groups is 2. The Morgan fingerprint density at radius 3 is 2.65 bits per heavy atom. The van der Waals surface area contributed by atoms with Crippen molar-refractivity contribution in [1.82, 2.24) is 5.06 Å².